The molecule has 1 saturated heterocycles. The lowest BCUT2D eigenvalue weighted by molar-refractivity contribution is -0.133. The van der Waals surface area contributed by atoms with Crippen LogP contribution in [-0.2, 0) is 20.7 Å². The van der Waals surface area contributed by atoms with Crippen LogP contribution in [0.25, 0.3) is 0 Å². The van der Waals surface area contributed by atoms with Gasteiger partial charge in [0.25, 0.3) is 0 Å². The van der Waals surface area contributed by atoms with Crippen molar-refractivity contribution in [2.75, 3.05) is 25.5 Å². The van der Waals surface area contributed by atoms with Crippen LogP contribution in [0.15, 0.2) is 41.8 Å². The van der Waals surface area contributed by atoms with E-state index in [9.17, 15) is 14.4 Å². The number of likely N-dealkylation sites (tertiary alicyclic amines) is 1. The summed E-state index contributed by atoms with van der Waals surface area (Å²) in [4.78, 5) is 39.7. The topological polar surface area (TPSA) is 75.7 Å². The van der Waals surface area contributed by atoms with Crippen molar-refractivity contribution in [1.82, 2.24) is 4.90 Å². The molecule has 0 saturated carbocycles. The predicted octanol–water partition coefficient (Wildman–Crippen LogP) is 2.95. The lowest BCUT2D eigenvalue weighted by Gasteiger charge is -2.31. The van der Waals surface area contributed by atoms with Crippen molar-refractivity contribution in [3.8, 4) is 0 Å². The molecular weight excluding hydrogens is 364 g/mol. The van der Waals surface area contributed by atoms with Crippen molar-refractivity contribution < 1.29 is 19.1 Å². The molecule has 0 bridgehead atoms. The molecule has 1 aromatic carbocycles. The number of esters is 1. The zero-order valence-corrected chi connectivity index (χ0v) is 16.0. The Morgan fingerprint density at radius 3 is 2.56 bits per heavy atom. The maximum Gasteiger partial charge on any atom is 0.339 e. The Hall–Kier alpha value is -2.67. The summed E-state index contributed by atoms with van der Waals surface area (Å²) in [5, 5.41) is 4.80. The molecule has 1 aliphatic rings. The molecule has 2 amide bonds. The number of benzene rings is 1. The number of amides is 2. The number of methoxy groups -OCH3 is 1. The van der Waals surface area contributed by atoms with Gasteiger partial charge < -0.3 is 15.0 Å². The monoisotopic (exact) mass is 386 g/mol. The van der Waals surface area contributed by atoms with Crippen LogP contribution < -0.4 is 5.32 Å². The smallest absolute Gasteiger partial charge is 0.339 e. The van der Waals surface area contributed by atoms with Crippen LogP contribution in [0.3, 0.4) is 0 Å². The third-order valence-electron chi connectivity index (χ3n) is 4.71. The quantitative estimate of drug-likeness (QED) is 0.802. The zero-order chi connectivity index (χ0) is 19.2. The number of rotatable bonds is 5. The van der Waals surface area contributed by atoms with Gasteiger partial charge in [0.05, 0.1) is 24.8 Å². The average Bonchev–Trinajstić information content (AvgIpc) is 3.21. The minimum atomic E-state index is -0.486. The molecule has 142 valence electrons. The average molecular weight is 386 g/mol. The standard InChI is InChI=1S/C20H22N2O4S/c1-26-20(25)16-6-2-3-7-17(16)21-19(24)14-8-10-22(11-9-14)18(23)13-15-5-4-12-27-15/h2-7,12,14H,8-11,13H2,1H3,(H,21,24). The van der Waals surface area contributed by atoms with E-state index in [1.807, 2.05) is 22.4 Å². The fourth-order valence-corrected chi connectivity index (χ4v) is 3.88. The Balaban J connectivity index is 1.55. The van der Waals surface area contributed by atoms with Gasteiger partial charge >= 0.3 is 5.97 Å². The van der Waals surface area contributed by atoms with Crippen molar-refractivity contribution >= 4 is 34.8 Å². The number of thiophene rings is 1. The van der Waals surface area contributed by atoms with E-state index in [0.29, 0.717) is 43.6 Å². The van der Waals surface area contributed by atoms with Gasteiger partial charge in [0.2, 0.25) is 11.8 Å². The van der Waals surface area contributed by atoms with E-state index in [-0.39, 0.29) is 17.7 Å². The van der Waals surface area contributed by atoms with Crippen molar-refractivity contribution in [3.05, 3.63) is 52.2 Å². The summed E-state index contributed by atoms with van der Waals surface area (Å²) in [6, 6.07) is 10.7. The van der Waals surface area contributed by atoms with Crippen LogP contribution in [-0.4, -0.2) is 42.9 Å². The summed E-state index contributed by atoms with van der Waals surface area (Å²) < 4.78 is 4.75. The number of hydrogen-bond acceptors (Lipinski definition) is 5. The molecule has 0 unspecified atom stereocenters. The first-order valence-corrected chi connectivity index (χ1v) is 9.75. The van der Waals surface area contributed by atoms with Crippen LogP contribution in [0.5, 0.6) is 0 Å². The summed E-state index contributed by atoms with van der Waals surface area (Å²) >= 11 is 1.58. The molecular formula is C20H22N2O4S. The largest absolute Gasteiger partial charge is 0.465 e. The third-order valence-corrected chi connectivity index (χ3v) is 5.59. The maximum absolute atomic E-state index is 12.6. The van der Waals surface area contributed by atoms with Gasteiger partial charge in [-0.1, -0.05) is 18.2 Å². The normalized spacial score (nSPS) is 14.6. The Morgan fingerprint density at radius 2 is 1.89 bits per heavy atom. The van der Waals surface area contributed by atoms with Crippen molar-refractivity contribution in [3.63, 3.8) is 0 Å². The lowest BCUT2D eigenvalue weighted by Crippen LogP contribution is -2.42. The van der Waals surface area contributed by atoms with E-state index in [4.69, 9.17) is 4.74 Å². The Bertz CT molecular complexity index is 811. The van der Waals surface area contributed by atoms with Gasteiger partial charge in [-0.05, 0) is 36.4 Å². The maximum atomic E-state index is 12.6. The molecule has 1 aromatic heterocycles. The highest BCUT2D eigenvalue weighted by Crippen LogP contribution is 2.23. The highest BCUT2D eigenvalue weighted by molar-refractivity contribution is 7.10. The van der Waals surface area contributed by atoms with Gasteiger partial charge in [0.1, 0.15) is 0 Å². The number of anilines is 1. The van der Waals surface area contributed by atoms with Crippen molar-refractivity contribution in [1.29, 1.82) is 0 Å². The van der Waals surface area contributed by atoms with Crippen LogP contribution in [0.4, 0.5) is 5.69 Å². The summed E-state index contributed by atoms with van der Waals surface area (Å²) in [5.74, 6) is -0.689. The summed E-state index contributed by atoms with van der Waals surface area (Å²) in [5.41, 5.74) is 0.780. The second-order valence-electron chi connectivity index (χ2n) is 6.44. The first-order valence-electron chi connectivity index (χ1n) is 8.87. The Morgan fingerprint density at radius 1 is 1.15 bits per heavy atom. The highest BCUT2D eigenvalue weighted by Gasteiger charge is 2.28. The van der Waals surface area contributed by atoms with E-state index in [1.165, 1.54) is 7.11 Å². The second kappa shape index (κ2) is 8.81. The summed E-state index contributed by atoms with van der Waals surface area (Å²) in [6.07, 6.45) is 1.64. The van der Waals surface area contributed by atoms with Gasteiger partial charge in [0, 0.05) is 23.9 Å². The minimum Gasteiger partial charge on any atom is -0.465 e. The number of carbonyl (C=O) groups excluding carboxylic acids is 3. The molecule has 1 fully saturated rings. The Kier molecular flexibility index (Phi) is 6.24. The third kappa shape index (κ3) is 4.74. The Labute approximate surface area is 162 Å². The molecule has 27 heavy (non-hydrogen) atoms. The SMILES string of the molecule is COC(=O)c1ccccc1NC(=O)C1CCN(C(=O)Cc2cccs2)CC1. The number of ether oxygens (including phenoxy) is 1. The number of piperidine rings is 1. The van der Waals surface area contributed by atoms with E-state index in [0.717, 1.165) is 4.88 Å². The molecule has 0 radical (unpaired) electrons. The number of carbonyl (C=O) groups is 3. The fraction of sp³-hybridized carbons (Fsp3) is 0.350. The van der Waals surface area contributed by atoms with Gasteiger partial charge in [-0.2, -0.15) is 0 Å². The van der Waals surface area contributed by atoms with E-state index >= 15 is 0 Å². The molecule has 2 heterocycles. The fourth-order valence-electron chi connectivity index (χ4n) is 3.18. The molecule has 6 nitrogen and oxygen atoms in total. The summed E-state index contributed by atoms with van der Waals surface area (Å²) in [6.45, 7) is 1.14. The zero-order valence-electron chi connectivity index (χ0n) is 15.1. The number of nitrogens with one attached hydrogen (secondary N) is 1. The molecule has 1 N–H and O–H groups in total. The van der Waals surface area contributed by atoms with Gasteiger partial charge in [0.15, 0.2) is 0 Å². The van der Waals surface area contributed by atoms with Crippen LogP contribution >= 0.6 is 11.3 Å². The van der Waals surface area contributed by atoms with E-state index in [1.54, 1.807) is 35.6 Å². The lowest BCUT2D eigenvalue weighted by atomic mass is 9.95. The number of hydrogen-bond donors (Lipinski definition) is 1. The first kappa shape index (κ1) is 19.1. The molecule has 7 heteroatoms. The first-order chi connectivity index (χ1) is 13.1. The molecule has 2 aromatic rings. The van der Waals surface area contributed by atoms with Crippen molar-refractivity contribution in [2.24, 2.45) is 5.92 Å². The number of para-hydroxylation sites is 1. The second-order valence-corrected chi connectivity index (χ2v) is 7.47. The molecule has 3 rings (SSSR count). The predicted molar refractivity (Wildman–Crippen MR) is 104 cm³/mol. The molecule has 0 spiro atoms. The molecule has 1 aliphatic heterocycles. The van der Waals surface area contributed by atoms with Gasteiger partial charge in [-0.15, -0.1) is 11.3 Å². The molecule has 0 atom stereocenters. The summed E-state index contributed by atoms with van der Waals surface area (Å²) in [7, 11) is 1.31. The van der Waals surface area contributed by atoms with Crippen molar-refractivity contribution in [2.45, 2.75) is 19.3 Å². The van der Waals surface area contributed by atoms with E-state index < -0.39 is 5.97 Å². The van der Waals surface area contributed by atoms with Crippen LogP contribution in [0.2, 0.25) is 0 Å². The molecule has 0 aliphatic carbocycles. The van der Waals surface area contributed by atoms with E-state index in [2.05, 4.69) is 5.32 Å². The number of nitrogens with zero attached hydrogens (tertiary/aromatic N) is 1. The van der Waals surface area contributed by atoms with Gasteiger partial charge in [-0.25, -0.2) is 4.79 Å². The van der Waals surface area contributed by atoms with Crippen LogP contribution in [0.1, 0.15) is 28.1 Å². The minimum absolute atomic E-state index is 0.104. The highest BCUT2D eigenvalue weighted by atomic mass is 32.1. The van der Waals surface area contributed by atoms with Gasteiger partial charge in [-0.3, -0.25) is 9.59 Å². The van der Waals surface area contributed by atoms with Crippen LogP contribution in [0, 0.1) is 5.92 Å².